The van der Waals surface area contributed by atoms with Crippen LogP contribution in [0.25, 0.3) is 11.3 Å². The molecule has 2 heterocycles. The Hall–Kier alpha value is -2.21. The lowest BCUT2D eigenvalue weighted by molar-refractivity contribution is 0.0363. The lowest BCUT2D eigenvalue weighted by Crippen LogP contribution is -2.39. The molecule has 0 unspecified atom stereocenters. The first kappa shape index (κ1) is 19.7. The number of morpholine rings is 1. The molecule has 0 N–H and O–H groups in total. The number of nitrogens with zero attached hydrogens (tertiary/aromatic N) is 3. The van der Waals surface area contributed by atoms with Crippen LogP contribution in [0.15, 0.2) is 58.9 Å². The van der Waals surface area contributed by atoms with Crippen LogP contribution < -0.4 is 4.80 Å². The zero-order valence-corrected chi connectivity index (χ0v) is 18.2. The van der Waals surface area contributed by atoms with Crippen molar-refractivity contribution in [3.05, 3.63) is 69.8 Å². The fourth-order valence-corrected chi connectivity index (χ4v) is 5.39. The number of hydrogen-bond acceptors (Lipinski definition) is 4. The molecule has 1 saturated heterocycles. The number of ether oxygens (including phenoxy) is 1. The third-order valence-electron chi connectivity index (χ3n) is 6.17. The molecule has 2 aliphatic rings. The molecular weight excluding hydrogens is 390 g/mol. The van der Waals surface area contributed by atoms with Gasteiger partial charge in [-0.1, -0.05) is 30.3 Å². The molecule has 3 aromatic rings. The van der Waals surface area contributed by atoms with E-state index in [0.717, 1.165) is 49.9 Å². The first-order valence-electron chi connectivity index (χ1n) is 11.1. The minimum absolute atomic E-state index is 0.841. The van der Waals surface area contributed by atoms with Crippen LogP contribution in [0.5, 0.6) is 0 Å². The van der Waals surface area contributed by atoms with Crippen molar-refractivity contribution < 1.29 is 4.74 Å². The summed E-state index contributed by atoms with van der Waals surface area (Å²) in [6, 6.07) is 17.4. The summed E-state index contributed by atoms with van der Waals surface area (Å²) in [5.74, 6) is 0. The summed E-state index contributed by atoms with van der Waals surface area (Å²) in [4.78, 5) is 8.55. The second-order valence-corrected chi connectivity index (χ2v) is 8.98. The molecule has 1 aromatic heterocycles. The average Bonchev–Trinajstić information content (AvgIpc) is 3.21. The highest BCUT2D eigenvalue weighted by Crippen LogP contribution is 2.28. The number of rotatable bonds is 5. The maximum Gasteiger partial charge on any atom is 0.190 e. The highest BCUT2D eigenvalue weighted by atomic mass is 32.1. The Morgan fingerprint density at radius 3 is 2.53 bits per heavy atom. The highest BCUT2D eigenvalue weighted by Gasteiger charge is 2.15. The maximum absolute atomic E-state index is 5.52. The van der Waals surface area contributed by atoms with Gasteiger partial charge >= 0.3 is 0 Å². The Balaban J connectivity index is 1.51. The van der Waals surface area contributed by atoms with Gasteiger partial charge in [0.1, 0.15) is 0 Å². The monoisotopic (exact) mass is 419 g/mol. The van der Waals surface area contributed by atoms with Crippen LogP contribution >= 0.6 is 11.3 Å². The number of aryl methyl sites for hydroxylation is 2. The van der Waals surface area contributed by atoms with E-state index in [1.807, 2.05) is 6.07 Å². The predicted molar refractivity (Wildman–Crippen MR) is 123 cm³/mol. The smallest absolute Gasteiger partial charge is 0.190 e. The van der Waals surface area contributed by atoms with Gasteiger partial charge in [0.15, 0.2) is 4.80 Å². The lowest BCUT2D eigenvalue weighted by atomic mass is 9.90. The number of thiazole rings is 1. The zero-order chi connectivity index (χ0) is 20.2. The van der Waals surface area contributed by atoms with Crippen LogP contribution in [-0.4, -0.2) is 42.3 Å². The molecule has 2 aromatic carbocycles. The number of para-hydroxylation sites is 1. The van der Waals surface area contributed by atoms with Crippen molar-refractivity contribution in [3.63, 3.8) is 0 Å². The van der Waals surface area contributed by atoms with E-state index in [0.29, 0.717) is 0 Å². The van der Waals surface area contributed by atoms with Crippen molar-refractivity contribution in [2.75, 3.05) is 32.8 Å². The van der Waals surface area contributed by atoms with E-state index < -0.39 is 0 Å². The number of fused-ring (bicyclic) bond motifs is 1. The largest absolute Gasteiger partial charge is 0.379 e. The van der Waals surface area contributed by atoms with Gasteiger partial charge in [-0.15, -0.1) is 11.3 Å². The van der Waals surface area contributed by atoms with Crippen LogP contribution in [0.3, 0.4) is 0 Å². The molecule has 0 bridgehead atoms. The molecule has 0 radical (unpaired) electrons. The molecule has 0 spiro atoms. The average molecular weight is 420 g/mol. The van der Waals surface area contributed by atoms with Crippen molar-refractivity contribution in [2.45, 2.75) is 32.2 Å². The third-order valence-corrected chi connectivity index (χ3v) is 7.03. The van der Waals surface area contributed by atoms with Gasteiger partial charge in [-0.2, -0.15) is 0 Å². The van der Waals surface area contributed by atoms with Crippen LogP contribution in [0.4, 0.5) is 5.69 Å². The van der Waals surface area contributed by atoms with Gasteiger partial charge in [-0.3, -0.25) is 4.90 Å². The minimum atomic E-state index is 0.841. The molecule has 4 nitrogen and oxygen atoms in total. The normalized spacial score (nSPS) is 17.8. The van der Waals surface area contributed by atoms with Crippen LogP contribution in [0, 0.1) is 0 Å². The fourth-order valence-electron chi connectivity index (χ4n) is 4.44. The number of aromatic nitrogens is 1. The van der Waals surface area contributed by atoms with E-state index in [-0.39, 0.29) is 0 Å². The van der Waals surface area contributed by atoms with Crippen molar-refractivity contribution in [1.82, 2.24) is 9.47 Å². The first-order chi connectivity index (χ1) is 14.9. The Kier molecular flexibility index (Phi) is 6.11. The topological polar surface area (TPSA) is 29.8 Å². The quantitative estimate of drug-likeness (QED) is 0.602. The fraction of sp³-hybridized carbons (Fsp3) is 0.400. The summed E-state index contributed by atoms with van der Waals surface area (Å²) < 4.78 is 7.93. The van der Waals surface area contributed by atoms with E-state index in [4.69, 9.17) is 9.73 Å². The van der Waals surface area contributed by atoms with Gasteiger partial charge in [-0.05, 0) is 60.6 Å². The van der Waals surface area contributed by atoms with Gasteiger partial charge in [0, 0.05) is 31.6 Å². The van der Waals surface area contributed by atoms with Gasteiger partial charge in [0.2, 0.25) is 0 Å². The third kappa shape index (κ3) is 4.43. The van der Waals surface area contributed by atoms with E-state index in [1.54, 1.807) is 11.3 Å². The summed E-state index contributed by atoms with van der Waals surface area (Å²) in [6.07, 6.45) is 5.07. The van der Waals surface area contributed by atoms with Crippen molar-refractivity contribution in [1.29, 1.82) is 0 Å². The van der Waals surface area contributed by atoms with Crippen LogP contribution in [0.2, 0.25) is 0 Å². The molecule has 30 heavy (non-hydrogen) atoms. The molecule has 5 rings (SSSR count). The summed E-state index contributed by atoms with van der Waals surface area (Å²) in [7, 11) is 0. The van der Waals surface area contributed by atoms with Gasteiger partial charge in [0.25, 0.3) is 0 Å². The van der Waals surface area contributed by atoms with E-state index >= 15 is 0 Å². The zero-order valence-electron chi connectivity index (χ0n) is 17.4. The van der Waals surface area contributed by atoms with E-state index in [1.165, 1.54) is 48.1 Å². The Morgan fingerprint density at radius 1 is 0.900 bits per heavy atom. The van der Waals surface area contributed by atoms with Crippen molar-refractivity contribution >= 4 is 17.0 Å². The van der Waals surface area contributed by atoms with Gasteiger partial charge in [-0.25, -0.2) is 4.99 Å². The number of hydrogen-bond donors (Lipinski definition) is 0. The number of benzene rings is 2. The molecule has 156 valence electrons. The van der Waals surface area contributed by atoms with Crippen molar-refractivity contribution in [3.8, 4) is 11.3 Å². The summed E-state index contributed by atoms with van der Waals surface area (Å²) >= 11 is 1.74. The highest BCUT2D eigenvalue weighted by molar-refractivity contribution is 7.07. The molecule has 0 saturated carbocycles. The van der Waals surface area contributed by atoms with Crippen LogP contribution in [0.1, 0.15) is 24.0 Å². The van der Waals surface area contributed by atoms with Crippen molar-refractivity contribution in [2.24, 2.45) is 4.99 Å². The van der Waals surface area contributed by atoms with Gasteiger partial charge < -0.3 is 9.30 Å². The van der Waals surface area contributed by atoms with Crippen LogP contribution in [-0.2, 0) is 24.1 Å². The summed E-state index contributed by atoms with van der Waals surface area (Å²) in [5, 5.41) is 2.28. The van der Waals surface area contributed by atoms with E-state index in [2.05, 4.69) is 57.3 Å². The Morgan fingerprint density at radius 2 is 1.70 bits per heavy atom. The predicted octanol–water partition coefficient (Wildman–Crippen LogP) is 4.66. The molecule has 0 atom stereocenters. The lowest BCUT2D eigenvalue weighted by Gasteiger charge is -2.27. The molecule has 0 amide bonds. The SMILES string of the molecule is c1ccc(N=c2scc(-c3ccc4c(c3)CCCC4)n2CCN2CCOCC2)cc1. The first-order valence-corrected chi connectivity index (χ1v) is 12.0. The van der Waals surface area contributed by atoms with Gasteiger partial charge in [0.05, 0.1) is 24.6 Å². The summed E-state index contributed by atoms with van der Waals surface area (Å²) in [6.45, 7) is 5.69. The molecule has 5 heteroatoms. The Labute approximate surface area is 182 Å². The molecular formula is C25H29N3OS. The minimum Gasteiger partial charge on any atom is -0.379 e. The molecule has 1 aliphatic heterocycles. The second-order valence-electron chi connectivity index (χ2n) is 8.15. The Bertz CT molecular complexity index is 1050. The summed E-state index contributed by atoms with van der Waals surface area (Å²) in [5.41, 5.74) is 6.69. The second kappa shape index (κ2) is 9.29. The molecule has 1 fully saturated rings. The maximum atomic E-state index is 5.52. The molecule has 1 aliphatic carbocycles. The van der Waals surface area contributed by atoms with E-state index in [9.17, 15) is 0 Å². The standard InChI is InChI=1S/C25H29N3OS/c1-2-8-23(9-3-1)26-25-28(13-12-27-14-16-29-17-15-27)24(19-30-25)22-11-10-20-6-4-5-7-21(20)18-22/h1-3,8-11,18-19H,4-7,12-17H2.